The van der Waals surface area contributed by atoms with E-state index in [1.165, 1.54) is 11.3 Å². The number of aromatic nitrogens is 5. The average Bonchev–Trinajstić information content (AvgIpc) is 3.35. The summed E-state index contributed by atoms with van der Waals surface area (Å²) in [6.45, 7) is 10.7. The molecule has 1 aliphatic rings. The van der Waals surface area contributed by atoms with Crippen LogP contribution < -0.4 is 16.0 Å². The zero-order valence-electron chi connectivity index (χ0n) is 22.8. The molecule has 1 fully saturated rings. The smallest absolute Gasteiger partial charge is 0.321 e. The molecule has 5 rings (SSSR count). The Morgan fingerprint density at radius 2 is 1.90 bits per heavy atom. The number of benzene rings is 1. The molecule has 4 N–H and O–H groups in total. The Kier molecular flexibility index (Phi) is 8.45. The molecule has 0 spiro atoms. The standard InChI is InChI=1S/C27H33N9O3S/c1-4-28-25(37)35-26-33-20-14-17(18-15-31-24(32-16-18)27(2,3)38)13-19(22(20)40-26)23-30-6-5-21(34-23)29-7-8-36-9-11-39-12-10-36/h5-6,13-16,38H,4,7-12H2,1-3H3,(H,29,30,34)(H2,28,33,35,37). The second-order valence-corrected chi connectivity index (χ2v) is 10.9. The number of thiazole rings is 1. The summed E-state index contributed by atoms with van der Waals surface area (Å²) < 4.78 is 6.27. The molecule has 1 aliphatic heterocycles. The van der Waals surface area contributed by atoms with Gasteiger partial charge < -0.3 is 20.5 Å². The van der Waals surface area contributed by atoms with Crippen LogP contribution in [0.3, 0.4) is 0 Å². The summed E-state index contributed by atoms with van der Waals surface area (Å²) >= 11 is 1.36. The fraction of sp³-hybridized carbons (Fsp3) is 0.407. The number of hydrogen-bond donors (Lipinski definition) is 4. The Morgan fingerprint density at radius 3 is 2.62 bits per heavy atom. The SMILES string of the molecule is CCNC(=O)Nc1nc2cc(-c3cnc(C(C)(C)O)nc3)cc(-c3nccc(NCCN4CCOCC4)n3)c2s1. The molecule has 4 aromatic rings. The number of rotatable bonds is 9. The van der Waals surface area contributed by atoms with Crippen molar-refractivity contribution in [1.29, 1.82) is 0 Å². The molecule has 13 heteroatoms. The molecule has 40 heavy (non-hydrogen) atoms. The lowest BCUT2D eigenvalue weighted by molar-refractivity contribution is 0.0398. The molecule has 0 aliphatic carbocycles. The van der Waals surface area contributed by atoms with Crippen LogP contribution in [0.15, 0.2) is 36.8 Å². The summed E-state index contributed by atoms with van der Waals surface area (Å²) in [4.78, 5) is 37.3. The number of nitrogens with zero attached hydrogens (tertiary/aromatic N) is 6. The molecule has 1 aromatic carbocycles. The van der Waals surface area contributed by atoms with E-state index in [2.05, 4.69) is 40.8 Å². The van der Waals surface area contributed by atoms with Crippen LogP contribution in [0.4, 0.5) is 15.7 Å². The van der Waals surface area contributed by atoms with Gasteiger partial charge in [0.15, 0.2) is 16.8 Å². The maximum absolute atomic E-state index is 12.2. The first-order valence-electron chi connectivity index (χ1n) is 13.2. The second kappa shape index (κ2) is 12.2. The number of carbonyl (C=O) groups excluding carboxylic acids is 1. The van der Waals surface area contributed by atoms with Crippen LogP contribution in [-0.2, 0) is 10.3 Å². The monoisotopic (exact) mass is 563 g/mol. The van der Waals surface area contributed by atoms with E-state index in [-0.39, 0.29) is 6.03 Å². The lowest BCUT2D eigenvalue weighted by Crippen LogP contribution is -2.39. The predicted molar refractivity (Wildman–Crippen MR) is 155 cm³/mol. The van der Waals surface area contributed by atoms with Gasteiger partial charge in [0.2, 0.25) is 0 Å². The topological polar surface area (TPSA) is 150 Å². The highest BCUT2D eigenvalue weighted by atomic mass is 32.1. The van der Waals surface area contributed by atoms with Gasteiger partial charge in [0.25, 0.3) is 0 Å². The number of morpholine rings is 1. The summed E-state index contributed by atoms with van der Waals surface area (Å²) in [5, 5.41) is 19.7. The van der Waals surface area contributed by atoms with E-state index >= 15 is 0 Å². The van der Waals surface area contributed by atoms with Crippen LogP contribution >= 0.6 is 11.3 Å². The van der Waals surface area contributed by atoms with Crippen molar-refractivity contribution in [2.24, 2.45) is 0 Å². The van der Waals surface area contributed by atoms with Crippen LogP contribution in [0.25, 0.3) is 32.7 Å². The van der Waals surface area contributed by atoms with Crippen LogP contribution in [0, 0.1) is 0 Å². The highest BCUT2D eigenvalue weighted by molar-refractivity contribution is 7.22. The zero-order valence-corrected chi connectivity index (χ0v) is 23.6. The van der Waals surface area contributed by atoms with Gasteiger partial charge in [0, 0.05) is 62.4 Å². The van der Waals surface area contributed by atoms with E-state index in [1.54, 1.807) is 32.4 Å². The third-order valence-corrected chi connectivity index (χ3v) is 7.33. The van der Waals surface area contributed by atoms with Crippen molar-refractivity contribution in [2.75, 3.05) is 56.6 Å². The first kappa shape index (κ1) is 27.8. The van der Waals surface area contributed by atoms with Crippen molar-refractivity contribution in [2.45, 2.75) is 26.4 Å². The van der Waals surface area contributed by atoms with Gasteiger partial charge in [-0.25, -0.2) is 29.7 Å². The number of aliphatic hydroxyl groups is 1. The molecule has 3 aromatic heterocycles. The number of amides is 2. The first-order valence-corrected chi connectivity index (χ1v) is 14.0. The second-order valence-electron chi connectivity index (χ2n) is 9.88. The van der Waals surface area contributed by atoms with Gasteiger partial charge in [-0.15, -0.1) is 0 Å². The molecule has 0 radical (unpaired) electrons. The summed E-state index contributed by atoms with van der Waals surface area (Å²) in [5.41, 5.74) is 1.88. The molecular formula is C27H33N9O3S. The minimum Gasteiger partial charge on any atom is -0.382 e. The van der Waals surface area contributed by atoms with Gasteiger partial charge >= 0.3 is 6.03 Å². The Balaban J connectivity index is 1.48. The molecule has 12 nitrogen and oxygen atoms in total. The molecular weight excluding hydrogens is 530 g/mol. The van der Waals surface area contributed by atoms with E-state index in [0.29, 0.717) is 28.8 Å². The number of fused-ring (bicyclic) bond motifs is 1. The van der Waals surface area contributed by atoms with Crippen LogP contribution in [0.2, 0.25) is 0 Å². The minimum absolute atomic E-state index is 0.318. The number of ether oxygens (including phenoxy) is 1. The maximum Gasteiger partial charge on any atom is 0.321 e. The molecule has 0 saturated carbocycles. The molecule has 1 saturated heterocycles. The van der Waals surface area contributed by atoms with Crippen LogP contribution in [-0.4, -0.2) is 86.9 Å². The van der Waals surface area contributed by atoms with Gasteiger partial charge in [0.05, 0.1) is 23.4 Å². The van der Waals surface area contributed by atoms with E-state index in [9.17, 15) is 9.90 Å². The number of carbonyl (C=O) groups is 1. The quantitative estimate of drug-likeness (QED) is 0.239. The fourth-order valence-corrected chi connectivity index (χ4v) is 5.22. The van der Waals surface area contributed by atoms with Gasteiger partial charge in [-0.05, 0) is 44.5 Å². The highest BCUT2D eigenvalue weighted by Gasteiger charge is 2.20. The Morgan fingerprint density at radius 1 is 1.12 bits per heavy atom. The molecule has 0 atom stereocenters. The lowest BCUT2D eigenvalue weighted by atomic mass is 10.0. The average molecular weight is 564 g/mol. The molecule has 2 amide bonds. The van der Waals surface area contributed by atoms with Crippen LogP contribution in [0.1, 0.15) is 26.6 Å². The normalized spacial score (nSPS) is 14.3. The Labute approximate surface area is 236 Å². The summed E-state index contributed by atoms with van der Waals surface area (Å²) in [6.07, 6.45) is 5.08. The number of hydrogen-bond acceptors (Lipinski definition) is 11. The number of urea groups is 1. The van der Waals surface area contributed by atoms with E-state index < -0.39 is 5.60 Å². The fourth-order valence-electron chi connectivity index (χ4n) is 4.27. The van der Waals surface area contributed by atoms with E-state index in [1.807, 2.05) is 25.1 Å². The van der Waals surface area contributed by atoms with Gasteiger partial charge in [-0.1, -0.05) is 11.3 Å². The summed E-state index contributed by atoms with van der Waals surface area (Å²) in [6, 6.07) is 5.43. The molecule has 210 valence electrons. The minimum atomic E-state index is -1.15. The number of anilines is 2. The van der Waals surface area contributed by atoms with Crippen molar-refractivity contribution in [3.8, 4) is 22.5 Å². The summed E-state index contributed by atoms with van der Waals surface area (Å²) in [7, 11) is 0. The van der Waals surface area contributed by atoms with Gasteiger partial charge in [-0.3, -0.25) is 10.2 Å². The lowest BCUT2D eigenvalue weighted by Gasteiger charge is -2.26. The largest absolute Gasteiger partial charge is 0.382 e. The highest BCUT2D eigenvalue weighted by Crippen LogP contribution is 2.37. The molecule has 0 bridgehead atoms. The predicted octanol–water partition coefficient (Wildman–Crippen LogP) is 3.32. The summed E-state index contributed by atoms with van der Waals surface area (Å²) in [5.74, 6) is 1.59. The van der Waals surface area contributed by atoms with Crippen LogP contribution in [0.5, 0.6) is 0 Å². The van der Waals surface area contributed by atoms with Crippen molar-refractivity contribution in [3.63, 3.8) is 0 Å². The Bertz CT molecular complexity index is 1460. The van der Waals surface area contributed by atoms with Crippen molar-refractivity contribution < 1.29 is 14.6 Å². The van der Waals surface area contributed by atoms with Crippen molar-refractivity contribution >= 4 is 38.5 Å². The Hall–Kier alpha value is -3.78. The van der Waals surface area contributed by atoms with E-state index in [0.717, 1.165) is 66.6 Å². The van der Waals surface area contributed by atoms with Crippen molar-refractivity contribution in [3.05, 3.63) is 42.6 Å². The maximum atomic E-state index is 12.2. The van der Waals surface area contributed by atoms with Gasteiger partial charge in [-0.2, -0.15) is 0 Å². The third kappa shape index (κ3) is 6.67. The molecule has 0 unspecified atom stereocenters. The first-order chi connectivity index (χ1) is 19.3. The number of nitrogens with one attached hydrogen (secondary N) is 3. The molecule has 4 heterocycles. The van der Waals surface area contributed by atoms with E-state index in [4.69, 9.17) is 9.72 Å². The van der Waals surface area contributed by atoms with Crippen molar-refractivity contribution in [1.82, 2.24) is 35.1 Å². The third-order valence-electron chi connectivity index (χ3n) is 6.31. The van der Waals surface area contributed by atoms with Gasteiger partial charge in [0.1, 0.15) is 11.4 Å². The zero-order chi connectivity index (χ0) is 28.1.